The standard InChI is InChI=1S/C13H17ClN2O4/c1-8(13(18)19)16-12(17)5-6-15-10-7-9(14)3-4-11(10)20-2/h3-4,7-8,15H,5-6H2,1-2H3,(H,16,17)(H,18,19)/t8-/m0/s1. The maximum Gasteiger partial charge on any atom is 0.325 e. The van der Waals surface area contributed by atoms with Gasteiger partial charge in [-0.1, -0.05) is 11.6 Å². The van der Waals surface area contributed by atoms with E-state index in [0.29, 0.717) is 23.0 Å². The van der Waals surface area contributed by atoms with Crippen molar-refractivity contribution in [3.63, 3.8) is 0 Å². The number of carboxylic acids is 1. The first-order valence-electron chi connectivity index (χ1n) is 6.03. The highest BCUT2D eigenvalue weighted by Gasteiger charge is 2.13. The Morgan fingerprint density at radius 2 is 2.15 bits per heavy atom. The molecule has 0 fully saturated rings. The minimum atomic E-state index is -1.07. The van der Waals surface area contributed by atoms with Gasteiger partial charge in [0.15, 0.2) is 0 Å². The number of carbonyl (C=O) groups is 2. The van der Waals surface area contributed by atoms with Crippen LogP contribution in [0, 0.1) is 0 Å². The lowest BCUT2D eigenvalue weighted by molar-refractivity contribution is -0.141. The predicted octanol–water partition coefficient (Wildman–Crippen LogP) is 1.74. The third-order valence-electron chi connectivity index (χ3n) is 2.58. The molecule has 0 bridgehead atoms. The van der Waals surface area contributed by atoms with Gasteiger partial charge in [0.2, 0.25) is 5.91 Å². The van der Waals surface area contributed by atoms with E-state index in [9.17, 15) is 9.59 Å². The second-order valence-corrected chi connectivity index (χ2v) is 4.59. The third-order valence-corrected chi connectivity index (χ3v) is 2.81. The first kappa shape index (κ1) is 16.1. The fourth-order valence-electron chi connectivity index (χ4n) is 1.50. The fourth-order valence-corrected chi connectivity index (χ4v) is 1.68. The number of anilines is 1. The lowest BCUT2D eigenvalue weighted by Gasteiger charge is -2.12. The van der Waals surface area contributed by atoms with Gasteiger partial charge >= 0.3 is 5.97 Å². The lowest BCUT2D eigenvalue weighted by Crippen LogP contribution is -2.38. The molecule has 0 saturated heterocycles. The zero-order chi connectivity index (χ0) is 15.1. The molecule has 0 heterocycles. The topological polar surface area (TPSA) is 87.7 Å². The van der Waals surface area contributed by atoms with Crippen LogP contribution in [0.1, 0.15) is 13.3 Å². The molecule has 0 aliphatic rings. The molecular formula is C13H17ClN2O4. The van der Waals surface area contributed by atoms with Crippen LogP contribution in [0.4, 0.5) is 5.69 Å². The number of rotatable bonds is 7. The SMILES string of the molecule is COc1ccc(Cl)cc1NCCC(=O)N[C@@H](C)C(=O)O. The molecule has 1 rings (SSSR count). The Balaban J connectivity index is 2.46. The van der Waals surface area contributed by atoms with Crippen LogP contribution in [0.3, 0.4) is 0 Å². The van der Waals surface area contributed by atoms with Gasteiger partial charge in [-0.3, -0.25) is 9.59 Å². The van der Waals surface area contributed by atoms with Crippen molar-refractivity contribution in [3.05, 3.63) is 23.2 Å². The zero-order valence-electron chi connectivity index (χ0n) is 11.3. The molecule has 0 unspecified atom stereocenters. The first-order chi connectivity index (χ1) is 9.43. The van der Waals surface area contributed by atoms with E-state index in [2.05, 4.69) is 10.6 Å². The highest BCUT2D eigenvalue weighted by atomic mass is 35.5. The van der Waals surface area contributed by atoms with Crippen molar-refractivity contribution in [1.29, 1.82) is 0 Å². The average molecular weight is 301 g/mol. The molecule has 0 aliphatic carbocycles. The van der Waals surface area contributed by atoms with Crippen LogP contribution in [0.15, 0.2) is 18.2 Å². The summed E-state index contributed by atoms with van der Waals surface area (Å²) >= 11 is 5.88. The van der Waals surface area contributed by atoms with Crippen LogP contribution in [0.2, 0.25) is 5.02 Å². The molecule has 1 aromatic rings. The van der Waals surface area contributed by atoms with E-state index in [4.69, 9.17) is 21.4 Å². The minimum Gasteiger partial charge on any atom is -0.495 e. The molecule has 0 spiro atoms. The number of hydrogen-bond donors (Lipinski definition) is 3. The summed E-state index contributed by atoms with van der Waals surface area (Å²) < 4.78 is 5.15. The summed E-state index contributed by atoms with van der Waals surface area (Å²) in [5, 5.41) is 14.6. The normalized spacial score (nSPS) is 11.6. The molecule has 1 aromatic carbocycles. The average Bonchev–Trinajstić information content (AvgIpc) is 2.38. The Kier molecular flexibility index (Phi) is 6.11. The second kappa shape index (κ2) is 7.59. The molecule has 7 heteroatoms. The number of benzene rings is 1. The van der Waals surface area contributed by atoms with E-state index in [1.807, 2.05) is 0 Å². The Bertz CT molecular complexity index is 493. The number of hydrogen-bond acceptors (Lipinski definition) is 4. The van der Waals surface area contributed by atoms with Gasteiger partial charge in [-0.2, -0.15) is 0 Å². The van der Waals surface area contributed by atoms with Crippen LogP contribution in [-0.2, 0) is 9.59 Å². The predicted molar refractivity (Wildman–Crippen MR) is 76.4 cm³/mol. The van der Waals surface area contributed by atoms with E-state index >= 15 is 0 Å². The summed E-state index contributed by atoms with van der Waals surface area (Å²) in [7, 11) is 1.54. The molecule has 1 atom stereocenters. The third kappa shape index (κ3) is 4.97. The first-order valence-corrected chi connectivity index (χ1v) is 6.41. The number of nitrogens with one attached hydrogen (secondary N) is 2. The van der Waals surface area contributed by atoms with E-state index < -0.39 is 12.0 Å². The van der Waals surface area contributed by atoms with Crippen molar-refractivity contribution in [3.8, 4) is 5.75 Å². The van der Waals surface area contributed by atoms with Gasteiger partial charge in [0.05, 0.1) is 12.8 Å². The van der Waals surface area contributed by atoms with Crippen molar-refractivity contribution in [2.45, 2.75) is 19.4 Å². The van der Waals surface area contributed by atoms with E-state index in [1.165, 1.54) is 14.0 Å². The fraction of sp³-hybridized carbons (Fsp3) is 0.385. The maximum atomic E-state index is 11.5. The van der Waals surface area contributed by atoms with E-state index in [-0.39, 0.29) is 12.3 Å². The monoisotopic (exact) mass is 300 g/mol. The minimum absolute atomic E-state index is 0.146. The Hall–Kier alpha value is -1.95. The molecular weight excluding hydrogens is 284 g/mol. The van der Waals surface area contributed by atoms with Gasteiger partial charge in [-0.15, -0.1) is 0 Å². The van der Waals surface area contributed by atoms with Gasteiger partial charge in [0, 0.05) is 18.0 Å². The van der Waals surface area contributed by atoms with Crippen molar-refractivity contribution in [2.75, 3.05) is 19.0 Å². The smallest absolute Gasteiger partial charge is 0.325 e. The van der Waals surface area contributed by atoms with Gasteiger partial charge in [0.25, 0.3) is 0 Å². The molecule has 6 nitrogen and oxygen atoms in total. The van der Waals surface area contributed by atoms with Crippen molar-refractivity contribution in [1.82, 2.24) is 5.32 Å². The molecule has 1 amide bonds. The maximum absolute atomic E-state index is 11.5. The zero-order valence-corrected chi connectivity index (χ0v) is 12.0. The number of aliphatic carboxylic acids is 1. The molecule has 110 valence electrons. The Labute approximate surface area is 122 Å². The Morgan fingerprint density at radius 3 is 2.75 bits per heavy atom. The van der Waals surface area contributed by atoms with Crippen LogP contribution < -0.4 is 15.4 Å². The van der Waals surface area contributed by atoms with Gasteiger partial charge in [0.1, 0.15) is 11.8 Å². The highest BCUT2D eigenvalue weighted by Crippen LogP contribution is 2.27. The van der Waals surface area contributed by atoms with Gasteiger partial charge < -0.3 is 20.5 Å². The molecule has 20 heavy (non-hydrogen) atoms. The number of carbonyl (C=O) groups excluding carboxylic acids is 1. The molecule has 3 N–H and O–H groups in total. The van der Waals surface area contributed by atoms with Crippen molar-refractivity contribution >= 4 is 29.2 Å². The highest BCUT2D eigenvalue weighted by molar-refractivity contribution is 6.30. The number of amides is 1. The number of halogens is 1. The quantitative estimate of drug-likeness (QED) is 0.714. The number of ether oxygens (including phenoxy) is 1. The summed E-state index contributed by atoms with van der Waals surface area (Å²) in [5.41, 5.74) is 0.680. The Morgan fingerprint density at radius 1 is 1.45 bits per heavy atom. The van der Waals surface area contributed by atoms with E-state index in [1.54, 1.807) is 18.2 Å². The lowest BCUT2D eigenvalue weighted by atomic mass is 10.2. The number of methoxy groups -OCH3 is 1. The van der Waals surface area contributed by atoms with Crippen LogP contribution in [-0.4, -0.2) is 36.7 Å². The number of carboxylic acid groups (broad SMARTS) is 1. The summed E-state index contributed by atoms with van der Waals surface area (Å²) in [4.78, 5) is 22.1. The molecule has 0 radical (unpaired) electrons. The van der Waals surface area contributed by atoms with E-state index in [0.717, 1.165) is 0 Å². The van der Waals surface area contributed by atoms with Gasteiger partial charge in [-0.05, 0) is 25.1 Å². The molecule has 0 aromatic heterocycles. The van der Waals surface area contributed by atoms with Crippen LogP contribution in [0.5, 0.6) is 5.75 Å². The summed E-state index contributed by atoms with van der Waals surface area (Å²) in [6, 6.07) is 4.21. The summed E-state index contributed by atoms with van der Waals surface area (Å²) in [6.45, 7) is 1.75. The molecule has 0 saturated carbocycles. The summed E-state index contributed by atoms with van der Waals surface area (Å²) in [6.07, 6.45) is 0.146. The molecule has 0 aliphatic heterocycles. The second-order valence-electron chi connectivity index (χ2n) is 4.15. The van der Waals surface area contributed by atoms with Gasteiger partial charge in [-0.25, -0.2) is 0 Å². The summed E-state index contributed by atoms with van der Waals surface area (Å²) in [5.74, 6) is -0.787. The van der Waals surface area contributed by atoms with Crippen molar-refractivity contribution in [2.24, 2.45) is 0 Å². The van der Waals surface area contributed by atoms with Crippen LogP contribution >= 0.6 is 11.6 Å². The largest absolute Gasteiger partial charge is 0.495 e. The van der Waals surface area contributed by atoms with Crippen LogP contribution in [0.25, 0.3) is 0 Å². The van der Waals surface area contributed by atoms with Crippen molar-refractivity contribution < 1.29 is 19.4 Å².